The third-order valence-corrected chi connectivity index (χ3v) is 8.62. The molecule has 31 heavy (non-hydrogen) atoms. The summed E-state index contributed by atoms with van der Waals surface area (Å²) < 4.78 is 22.9. The van der Waals surface area contributed by atoms with Gasteiger partial charge in [-0.25, -0.2) is 0 Å². The molecule has 0 aliphatic carbocycles. The van der Waals surface area contributed by atoms with Crippen molar-refractivity contribution in [2.45, 2.75) is 90.2 Å². The van der Waals surface area contributed by atoms with Gasteiger partial charge in [0.15, 0.2) is 0 Å². The van der Waals surface area contributed by atoms with Crippen molar-refractivity contribution >= 4 is 27.9 Å². The predicted molar refractivity (Wildman–Crippen MR) is 121 cm³/mol. The molecule has 0 saturated carbocycles. The van der Waals surface area contributed by atoms with Crippen molar-refractivity contribution in [1.29, 1.82) is 5.26 Å². The number of H-pyrrole nitrogens is 1. The third-order valence-electron chi connectivity index (χ3n) is 4.94. The Hall–Kier alpha value is -1.04. The summed E-state index contributed by atoms with van der Waals surface area (Å²) in [5.74, 6) is 1.93. The normalized spacial score (nSPS) is 22.4. The maximum absolute atomic E-state index is 12.4. The van der Waals surface area contributed by atoms with Crippen LogP contribution in [0.1, 0.15) is 60.1 Å². The van der Waals surface area contributed by atoms with Gasteiger partial charge in [-0.05, 0) is 0 Å². The second kappa shape index (κ2) is 12.3. The van der Waals surface area contributed by atoms with Gasteiger partial charge in [0.25, 0.3) is 0 Å². The molecule has 1 unspecified atom stereocenters. The van der Waals surface area contributed by atoms with Gasteiger partial charge < -0.3 is 0 Å². The quantitative estimate of drug-likeness (QED) is 0.271. The minimum absolute atomic E-state index is 0.0420. The Labute approximate surface area is 191 Å². The number of hydrogen-bond donors (Lipinski definition) is 1. The Kier molecular flexibility index (Phi) is 10.4. The van der Waals surface area contributed by atoms with Crippen molar-refractivity contribution < 1.29 is 13.8 Å². The molecule has 0 spiro atoms. The van der Waals surface area contributed by atoms with Gasteiger partial charge in [-0.1, -0.05) is 0 Å². The Morgan fingerprint density at radius 2 is 2.06 bits per heavy atom. The fraction of sp³-hybridized carbons (Fsp3) is 0.750. The average molecular weight is 519 g/mol. The van der Waals surface area contributed by atoms with Gasteiger partial charge in [0, 0.05) is 0 Å². The first-order valence-electron chi connectivity index (χ1n) is 10.5. The molecule has 1 aromatic rings. The second-order valence-corrected chi connectivity index (χ2v) is 11.0. The van der Waals surface area contributed by atoms with E-state index in [-0.39, 0.29) is 44.8 Å². The van der Waals surface area contributed by atoms with Crippen LogP contribution >= 0.6 is 8.53 Å². The molecule has 0 amide bonds. The van der Waals surface area contributed by atoms with Crippen molar-refractivity contribution in [3.8, 4) is 6.07 Å². The molecule has 0 bridgehead atoms. The standard InChI is InChI=1S/C20H33N4O5PSe/c1-7-15-16(29-30(27-10-8-9-21)24(13(2)3)14(4)5)11-18(28-15)23-12-17(31-6)19(25)22-20(23)26/h12-16,18H,7-8,10-11H2,1-6H3,(H,22,25,26)/t15-,16+,18-,30?/m1/s1. The summed E-state index contributed by atoms with van der Waals surface area (Å²) in [6.45, 7) is 10.7. The number of ether oxygens (including phenoxy) is 1. The molecule has 1 aliphatic heterocycles. The molecule has 2 heterocycles. The fourth-order valence-corrected chi connectivity index (χ4v) is 6.29. The zero-order valence-electron chi connectivity index (χ0n) is 19.0. The van der Waals surface area contributed by atoms with E-state index in [1.165, 1.54) is 4.57 Å². The monoisotopic (exact) mass is 520 g/mol. The molecular weight excluding hydrogens is 486 g/mol. The topological polar surface area (TPSA) is 110 Å². The van der Waals surface area contributed by atoms with E-state index in [2.05, 4.69) is 43.4 Å². The Bertz CT molecular complexity index is 860. The van der Waals surface area contributed by atoms with Crippen molar-refractivity contribution in [3.63, 3.8) is 0 Å². The van der Waals surface area contributed by atoms with Gasteiger partial charge >= 0.3 is 186 Å². The molecule has 9 nitrogen and oxygen atoms in total. The van der Waals surface area contributed by atoms with E-state index in [0.717, 1.165) is 0 Å². The summed E-state index contributed by atoms with van der Waals surface area (Å²) >= 11 is -0.0420. The number of nitrogens with zero attached hydrogens (tertiary/aromatic N) is 3. The summed E-state index contributed by atoms with van der Waals surface area (Å²) in [7, 11) is -1.41. The van der Waals surface area contributed by atoms with Gasteiger partial charge in [0.1, 0.15) is 0 Å². The molecule has 0 radical (unpaired) electrons. The van der Waals surface area contributed by atoms with Crippen LogP contribution in [-0.2, 0) is 13.8 Å². The molecule has 1 aliphatic rings. The summed E-state index contributed by atoms with van der Waals surface area (Å²) in [5, 5.41) is 8.90. The van der Waals surface area contributed by atoms with Gasteiger partial charge in [-0.2, -0.15) is 5.26 Å². The minimum atomic E-state index is -1.41. The van der Waals surface area contributed by atoms with Crippen LogP contribution in [-0.4, -0.2) is 60.1 Å². The Morgan fingerprint density at radius 3 is 2.61 bits per heavy atom. The summed E-state index contributed by atoms with van der Waals surface area (Å²) in [6, 6.07) is 2.50. The van der Waals surface area contributed by atoms with E-state index >= 15 is 0 Å². The average Bonchev–Trinajstić information content (AvgIpc) is 3.10. The van der Waals surface area contributed by atoms with E-state index in [4.69, 9.17) is 19.0 Å². The van der Waals surface area contributed by atoms with Crippen molar-refractivity contribution in [2.24, 2.45) is 0 Å². The van der Waals surface area contributed by atoms with Gasteiger partial charge in [0.05, 0.1) is 0 Å². The first-order valence-corrected chi connectivity index (χ1v) is 14.2. The molecule has 0 aromatic carbocycles. The van der Waals surface area contributed by atoms with Crippen LogP contribution < -0.4 is 15.7 Å². The molecular formula is C20H33N4O5PSe. The number of hydrogen-bond acceptors (Lipinski definition) is 7. The van der Waals surface area contributed by atoms with Crippen molar-refractivity contribution in [3.05, 3.63) is 27.0 Å². The SMILES string of the molecule is CC[C@H]1O[C@@H](n2cc([Se]C)c(=O)[nH]c2=O)C[C@@H]1OP(OCCC#N)N(C(C)C)C(C)C. The third kappa shape index (κ3) is 6.72. The van der Waals surface area contributed by atoms with E-state index in [0.29, 0.717) is 30.3 Å². The molecule has 4 atom stereocenters. The fourth-order valence-electron chi connectivity index (χ4n) is 3.58. The van der Waals surface area contributed by atoms with E-state index in [9.17, 15) is 9.59 Å². The van der Waals surface area contributed by atoms with Gasteiger partial charge in [-0.3, -0.25) is 0 Å². The van der Waals surface area contributed by atoms with Crippen LogP contribution in [0, 0.1) is 11.3 Å². The van der Waals surface area contributed by atoms with E-state index in [1.807, 2.05) is 12.7 Å². The van der Waals surface area contributed by atoms with E-state index in [1.54, 1.807) is 6.20 Å². The summed E-state index contributed by atoms with van der Waals surface area (Å²) in [5.41, 5.74) is -0.808. The van der Waals surface area contributed by atoms with Crippen LogP contribution in [0.2, 0.25) is 5.82 Å². The first-order chi connectivity index (χ1) is 14.7. The molecule has 1 saturated heterocycles. The number of aromatic amines is 1. The summed E-state index contributed by atoms with van der Waals surface area (Å²) in [4.78, 5) is 26.7. The van der Waals surface area contributed by atoms with Crippen LogP contribution in [0.15, 0.2) is 15.8 Å². The van der Waals surface area contributed by atoms with Gasteiger partial charge in [-0.15, -0.1) is 0 Å². The number of rotatable bonds is 11. The first kappa shape index (κ1) is 26.2. The number of nitriles is 1. The maximum atomic E-state index is 12.4. The molecule has 174 valence electrons. The second-order valence-electron chi connectivity index (χ2n) is 7.83. The number of aromatic nitrogens is 2. The zero-order valence-corrected chi connectivity index (χ0v) is 21.6. The van der Waals surface area contributed by atoms with Crippen LogP contribution in [0.5, 0.6) is 0 Å². The molecule has 1 N–H and O–H groups in total. The molecule has 2 rings (SSSR count). The molecule has 11 heteroatoms. The number of nitrogens with one attached hydrogen (secondary N) is 1. The predicted octanol–water partition coefficient (Wildman–Crippen LogP) is 2.27. The van der Waals surface area contributed by atoms with E-state index < -0.39 is 20.4 Å². The summed E-state index contributed by atoms with van der Waals surface area (Å²) in [6.07, 6.45) is 2.12. The van der Waals surface area contributed by atoms with Crippen LogP contribution in [0.4, 0.5) is 0 Å². The van der Waals surface area contributed by atoms with Crippen molar-refractivity contribution in [1.82, 2.24) is 14.2 Å². The van der Waals surface area contributed by atoms with Gasteiger partial charge in [0.2, 0.25) is 0 Å². The molecule has 1 aromatic heterocycles. The van der Waals surface area contributed by atoms with Crippen molar-refractivity contribution in [2.75, 3.05) is 6.61 Å². The zero-order chi connectivity index (χ0) is 23.1. The Morgan fingerprint density at radius 1 is 1.39 bits per heavy atom. The Balaban J connectivity index is 2.26. The van der Waals surface area contributed by atoms with Crippen LogP contribution in [0.25, 0.3) is 0 Å². The molecule has 1 fully saturated rings. The van der Waals surface area contributed by atoms with Crippen LogP contribution in [0.3, 0.4) is 0 Å².